The summed E-state index contributed by atoms with van der Waals surface area (Å²) in [6.45, 7) is 0. The Kier molecular flexibility index (Phi) is 5.56. The summed E-state index contributed by atoms with van der Waals surface area (Å²) >= 11 is 0. The van der Waals surface area contributed by atoms with Crippen LogP contribution in [0.25, 0.3) is 16.8 Å². The highest BCUT2D eigenvalue weighted by Crippen LogP contribution is 2.36. The molecule has 12 heteroatoms. The van der Waals surface area contributed by atoms with Gasteiger partial charge < -0.3 is 11.1 Å². The van der Waals surface area contributed by atoms with E-state index < -0.39 is 17.6 Å². The van der Waals surface area contributed by atoms with E-state index in [0.717, 1.165) is 10.7 Å². The molecule has 0 unspecified atom stereocenters. The molecule has 2 heterocycles. The van der Waals surface area contributed by atoms with Crippen molar-refractivity contribution in [3.05, 3.63) is 83.8 Å². The zero-order valence-electron chi connectivity index (χ0n) is 16.7. The first-order valence-electron chi connectivity index (χ1n) is 9.41. The second-order valence-corrected chi connectivity index (χ2v) is 6.81. The minimum Gasteiger partial charge on any atom is -0.384 e. The van der Waals surface area contributed by atoms with Crippen LogP contribution in [-0.4, -0.2) is 36.9 Å². The van der Waals surface area contributed by atoms with Crippen molar-refractivity contribution in [1.82, 2.24) is 25.2 Å². The second kappa shape index (κ2) is 8.49. The molecule has 0 saturated carbocycles. The van der Waals surface area contributed by atoms with Gasteiger partial charge >= 0.3 is 6.18 Å². The molecule has 2 aromatic carbocycles. The number of nitrogens with two attached hydrogens (primary N) is 1. The maximum atomic E-state index is 13.3. The Morgan fingerprint density at radius 1 is 1.06 bits per heavy atom. The number of anilines is 1. The molecular formula is C21H15F3N8O. The third-order valence-electron chi connectivity index (χ3n) is 4.62. The zero-order chi connectivity index (χ0) is 23.6. The van der Waals surface area contributed by atoms with Crippen LogP contribution in [0.4, 0.5) is 19.0 Å². The highest BCUT2D eigenvalue weighted by Gasteiger charge is 2.33. The molecule has 0 bridgehead atoms. The van der Waals surface area contributed by atoms with Gasteiger partial charge in [-0.15, -0.1) is 5.10 Å². The number of tetrazole rings is 1. The van der Waals surface area contributed by atoms with Crippen LogP contribution in [0.5, 0.6) is 0 Å². The molecule has 4 N–H and O–H groups in total. The van der Waals surface area contributed by atoms with E-state index in [0.29, 0.717) is 11.3 Å². The number of carbonyl (C=O) groups is 1. The van der Waals surface area contributed by atoms with E-state index >= 15 is 0 Å². The van der Waals surface area contributed by atoms with Crippen molar-refractivity contribution in [2.24, 2.45) is 5.73 Å². The van der Waals surface area contributed by atoms with Gasteiger partial charge in [0, 0.05) is 17.3 Å². The van der Waals surface area contributed by atoms with Crippen LogP contribution in [0.3, 0.4) is 0 Å². The minimum absolute atomic E-state index is 0.0235. The molecule has 0 spiro atoms. The van der Waals surface area contributed by atoms with Crippen molar-refractivity contribution in [1.29, 1.82) is 5.41 Å². The average Bonchev–Trinajstić information content (AvgIpc) is 3.29. The lowest BCUT2D eigenvalue weighted by Crippen LogP contribution is -2.19. The van der Waals surface area contributed by atoms with Gasteiger partial charge in [0.05, 0.1) is 11.3 Å². The lowest BCUT2D eigenvalue weighted by Gasteiger charge is -2.13. The fourth-order valence-corrected chi connectivity index (χ4v) is 3.09. The highest BCUT2D eigenvalue weighted by atomic mass is 19.4. The molecule has 166 valence electrons. The van der Waals surface area contributed by atoms with Crippen LogP contribution in [0, 0.1) is 5.41 Å². The number of amidine groups is 1. The molecule has 9 nitrogen and oxygen atoms in total. The summed E-state index contributed by atoms with van der Waals surface area (Å²) in [6.07, 6.45) is -3.28. The van der Waals surface area contributed by atoms with Crippen LogP contribution in [-0.2, 0) is 6.18 Å². The van der Waals surface area contributed by atoms with Crippen molar-refractivity contribution in [2.45, 2.75) is 6.18 Å². The number of nitrogens with one attached hydrogen (secondary N) is 2. The predicted octanol–water partition coefficient (Wildman–Crippen LogP) is 3.28. The van der Waals surface area contributed by atoms with Gasteiger partial charge in [0.15, 0.2) is 0 Å². The molecule has 0 atom stereocenters. The number of nitrogen functional groups attached to an aromatic ring is 1. The lowest BCUT2D eigenvalue weighted by atomic mass is 10.0. The minimum atomic E-state index is -4.51. The third-order valence-corrected chi connectivity index (χ3v) is 4.62. The molecule has 0 aliphatic carbocycles. The molecule has 0 aliphatic rings. The van der Waals surface area contributed by atoms with Crippen molar-refractivity contribution < 1.29 is 18.0 Å². The van der Waals surface area contributed by atoms with Gasteiger partial charge in [-0.2, -0.15) is 17.9 Å². The molecular weight excluding hydrogens is 437 g/mol. The molecule has 2 aromatic heterocycles. The summed E-state index contributed by atoms with van der Waals surface area (Å²) in [7, 11) is 0. The number of aromatic nitrogens is 5. The van der Waals surface area contributed by atoms with Gasteiger partial charge in [0.2, 0.25) is 5.82 Å². The first-order valence-corrected chi connectivity index (χ1v) is 9.41. The normalized spacial score (nSPS) is 11.2. The van der Waals surface area contributed by atoms with Crippen LogP contribution in [0.2, 0.25) is 0 Å². The SMILES string of the molecule is N=C(N)c1cccc(-n2nnnc2C(=O)Nc2ccc(-c3ccccc3C(F)(F)F)cn2)c1. The first-order chi connectivity index (χ1) is 15.7. The third kappa shape index (κ3) is 4.54. The Morgan fingerprint density at radius 3 is 2.55 bits per heavy atom. The fraction of sp³-hybridized carbons (Fsp3) is 0.0476. The molecule has 0 fully saturated rings. The zero-order valence-corrected chi connectivity index (χ0v) is 16.7. The van der Waals surface area contributed by atoms with E-state index in [2.05, 4.69) is 25.8 Å². The Morgan fingerprint density at radius 2 is 1.85 bits per heavy atom. The predicted molar refractivity (Wildman–Crippen MR) is 113 cm³/mol. The van der Waals surface area contributed by atoms with Crippen molar-refractivity contribution in [2.75, 3.05) is 5.32 Å². The maximum absolute atomic E-state index is 13.3. The molecule has 0 radical (unpaired) electrons. The smallest absolute Gasteiger partial charge is 0.384 e. The van der Waals surface area contributed by atoms with E-state index in [1.165, 1.54) is 36.5 Å². The van der Waals surface area contributed by atoms with Crippen LogP contribution in [0.1, 0.15) is 21.7 Å². The number of benzene rings is 2. The summed E-state index contributed by atoms with van der Waals surface area (Å²) in [5, 5.41) is 21.1. The highest BCUT2D eigenvalue weighted by molar-refractivity contribution is 6.01. The average molecular weight is 452 g/mol. The fourth-order valence-electron chi connectivity index (χ4n) is 3.09. The largest absolute Gasteiger partial charge is 0.417 e. The monoisotopic (exact) mass is 452 g/mol. The van der Waals surface area contributed by atoms with Gasteiger partial charge in [0.25, 0.3) is 5.91 Å². The number of alkyl halides is 3. The molecule has 4 aromatic rings. The lowest BCUT2D eigenvalue weighted by molar-refractivity contribution is -0.137. The Labute approximate surface area is 184 Å². The summed E-state index contributed by atoms with van der Waals surface area (Å²) in [5.74, 6) is -0.916. The molecule has 0 aliphatic heterocycles. The Balaban J connectivity index is 1.57. The topological polar surface area (TPSA) is 135 Å². The number of carbonyl (C=O) groups excluding carboxylic acids is 1. The van der Waals surface area contributed by atoms with Crippen LogP contribution < -0.4 is 11.1 Å². The van der Waals surface area contributed by atoms with E-state index in [4.69, 9.17) is 11.1 Å². The van der Waals surface area contributed by atoms with Crippen molar-refractivity contribution in [3.63, 3.8) is 0 Å². The number of nitrogens with zero attached hydrogens (tertiary/aromatic N) is 5. The van der Waals surface area contributed by atoms with Gasteiger partial charge in [-0.1, -0.05) is 30.3 Å². The molecule has 33 heavy (non-hydrogen) atoms. The van der Waals surface area contributed by atoms with Gasteiger partial charge in [-0.25, -0.2) is 4.98 Å². The Hall–Kier alpha value is -4.61. The molecule has 4 rings (SSSR count). The van der Waals surface area contributed by atoms with E-state index in [9.17, 15) is 18.0 Å². The summed E-state index contributed by atoms with van der Waals surface area (Å²) in [6, 6.07) is 14.4. The van der Waals surface area contributed by atoms with Gasteiger partial charge in [0.1, 0.15) is 11.7 Å². The number of halogens is 3. The van der Waals surface area contributed by atoms with E-state index in [1.807, 2.05) is 0 Å². The van der Waals surface area contributed by atoms with Gasteiger partial charge in [-0.05, 0) is 46.3 Å². The summed E-state index contributed by atoms with van der Waals surface area (Å²) in [4.78, 5) is 16.7. The van der Waals surface area contributed by atoms with E-state index in [1.54, 1.807) is 24.3 Å². The standard InChI is InChI=1S/C21H15F3N8O/c22-21(23,24)16-7-2-1-6-15(16)13-8-9-17(27-11-13)28-20(33)19-29-30-31-32(19)14-5-3-4-12(10-14)18(25)26/h1-11H,(H3,25,26)(H,27,28,33). The summed E-state index contributed by atoms with van der Waals surface area (Å²) < 4.78 is 41.0. The quantitative estimate of drug-likeness (QED) is 0.314. The van der Waals surface area contributed by atoms with Crippen molar-refractivity contribution in [3.8, 4) is 16.8 Å². The Bertz CT molecular complexity index is 1330. The number of pyridine rings is 1. The van der Waals surface area contributed by atoms with Crippen molar-refractivity contribution >= 4 is 17.6 Å². The number of amides is 1. The van der Waals surface area contributed by atoms with Crippen LogP contribution >= 0.6 is 0 Å². The number of rotatable bonds is 5. The summed E-state index contributed by atoms with van der Waals surface area (Å²) in [5.41, 5.74) is 5.76. The number of hydrogen-bond acceptors (Lipinski definition) is 6. The maximum Gasteiger partial charge on any atom is 0.417 e. The molecule has 1 amide bonds. The first kappa shape index (κ1) is 21.6. The van der Waals surface area contributed by atoms with Gasteiger partial charge in [-0.3, -0.25) is 10.2 Å². The number of hydrogen-bond donors (Lipinski definition) is 3. The second-order valence-electron chi connectivity index (χ2n) is 6.81. The van der Waals surface area contributed by atoms with Crippen LogP contribution in [0.15, 0.2) is 66.9 Å². The van der Waals surface area contributed by atoms with E-state index in [-0.39, 0.29) is 28.6 Å². The molecule has 0 saturated heterocycles.